The number of hydrogen-bond donors (Lipinski definition) is 2. The van der Waals surface area contributed by atoms with Gasteiger partial charge in [-0.3, -0.25) is 10.7 Å². The highest BCUT2D eigenvalue weighted by Gasteiger charge is 2.36. The van der Waals surface area contributed by atoms with Gasteiger partial charge in [-0.25, -0.2) is 4.79 Å². The molecule has 4 nitrogen and oxygen atoms in total. The van der Waals surface area contributed by atoms with Gasteiger partial charge in [0.2, 0.25) is 0 Å². The minimum atomic E-state index is -0.233. The predicted molar refractivity (Wildman–Crippen MR) is 68.0 cm³/mol. The first kappa shape index (κ1) is 11.6. The highest BCUT2D eigenvalue weighted by Crippen LogP contribution is 2.33. The standard InChI is InChI=1S/C10H12BrN3OS/c1-2-5-14-8(9(12)13-10(14)15)6-3-4-7(11)16-6/h3-4,8H,2,5H2,1H3,(H2,12,13,15). The predicted octanol–water partition coefficient (Wildman–Crippen LogP) is 2.96. The fourth-order valence-electron chi connectivity index (χ4n) is 1.77. The van der Waals surface area contributed by atoms with Gasteiger partial charge in [-0.05, 0) is 34.5 Å². The van der Waals surface area contributed by atoms with E-state index in [-0.39, 0.29) is 17.9 Å². The zero-order valence-corrected chi connectivity index (χ0v) is 11.2. The second kappa shape index (κ2) is 4.55. The van der Waals surface area contributed by atoms with Crippen LogP contribution in [0.4, 0.5) is 4.79 Å². The van der Waals surface area contributed by atoms with Crippen molar-refractivity contribution in [1.82, 2.24) is 10.2 Å². The van der Waals surface area contributed by atoms with Crippen molar-refractivity contribution in [3.8, 4) is 0 Å². The maximum absolute atomic E-state index is 11.6. The molecule has 2 rings (SSSR count). The minimum absolute atomic E-state index is 0.165. The summed E-state index contributed by atoms with van der Waals surface area (Å²) in [7, 11) is 0. The molecule has 2 N–H and O–H groups in total. The Morgan fingerprint density at radius 1 is 1.62 bits per heavy atom. The molecule has 0 radical (unpaired) electrons. The Hall–Kier alpha value is -0.880. The average molecular weight is 302 g/mol. The molecule has 16 heavy (non-hydrogen) atoms. The van der Waals surface area contributed by atoms with Crippen LogP contribution in [0, 0.1) is 5.41 Å². The first-order chi connectivity index (χ1) is 7.63. The molecular formula is C10H12BrN3OS. The Bertz CT molecular complexity index is 431. The van der Waals surface area contributed by atoms with Crippen LogP contribution in [-0.4, -0.2) is 23.3 Å². The topological polar surface area (TPSA) is 56.2 Å². The van der Waals surface area contributed by atoms with Crippen molar-refractivity contribution in [2.24, 2.45) is 0 Å². The quantitative estimate of drug-likeness (QED) is 0.886. The Labute approximate surface area is 106 Å². The molecular weight excluding hydrogens is 290 g/mol. The molecule has 0 bridgehead atoms. The number of nitrogens with zero attached hydrogens (tertiary/aromatic N) is 1. The van der Waals surface area contributed by atoms with Gasteiger partial charge in [0.25, 0.3) is 0 Å². The number of hydrogen-bond acceptors (Lipinski definition) is 3. The lowest BCUT2D eigenvalue weighted by molar-refractivity contribution is 0.206. The van der Waals surface area contributed by atoms with Gasteiger partial charge in [-0.1, -0.05) is 6.92 Å². The largest absolute Gasteiger partial charge is 0.323 e. The summed E-state index contributed by atoms with van der Waals surface area (Å²) < 4.78 is 1.02. The summed E-state index contributed by atoms with van der Waals surface area (Å²) in [5, 5.41) is 10.4. The number of urea groups is 1. The smallest absolute Gasteiger partial charge is 0.309 e. The summed E-state index contributed by atoms with van der Waals surface area (Å²) >= 11 is 4.96. The Balaban J connectivity index is 2.30. The lowest BCUT2D eigenvalue weighted by Crippen LogP contribution is -2.30. The molecule has 0 aromatic carbocycles. The summed E-state index contributed by atoms with van der Waals surface area (Å²) in [6.07, 6.45) is 0.893. The van der Waals surface area contributed by atoms with E-state index in [2.05, 4.69) is 21.2 Å². The van der Waals surface area contributed by atoms with Gasteiger partial charge < -0.3 is 4.90 Å². The molecule has 2 heterocycles. The van der Waals surface area contributed by atoms with Crippen LogP contribution in [0.1, 0.15) is 24.3 Å². The van der Waals surface area contributed by atoms with Crippen LogP contribution in [0.2, 0.25) is 0 Å². The van der Waals surface area contributed by atoms with Crippen molar-refractivity contribution in [1.29, 1.82) is 5.41 Å². The molecule has 1 aromatic heterocycles. The second-order valence-corrected chi connectivity index (χ2v) is 6.08. The van der Waals surface area contributed by atoms with E-state index >= 15 is 0 Å². The van der Waals surface area contributed by atoms with Crippen molar-refractivity contribution in [2.45, 2.75) is 19.4 Å². The molecule has 6 heteroatoms. The van der Waals surface area contributed by atoms with Crippen molar-refractivity contribution in [3.05, 3.63) is 20.8 Å². The minimum Gasteiger partial charge on any atom is -0.309 e. The Morgan fingerprint density at radius 3 is 2.94 bits per heavy atom. The summed E-state index contributed by atoms with van der Waals surface area (Å²) in [4.78, 5) is 14.4. The van der Waals surface area contributed by atoms with Crippen molar-refractivity contribution < 1.29 is 4.79 Å². The maximum atomic E-state index is 11.6. The lowest BCUT2D eigenvalue weighted by Gasteiger charge is -2.20. The van der Waals surface area contributed by atoms with Gasteiger partial charge in [0.1, 0.15) is 11.9 Å². The van der Waals surface area contributed by atoms with Crippen LogP contribution in [0.5, 0.6) is 0 Å². The van der Waals surface area contributed by atoms with Crippen LogP contribution >= 0.6 is 27.3 Å². The molecule has 1 atom stereocenters. The summed E-state index contributed by atoms with van der Waals surface area (Å²) in [6.45, 7) is 2.70. The second-order valence-electron chi connectivity index (χ2n) is 3.58. The zero-order chi connectivity index (χ0) is 11.7. The van der Waals surface area contributed by atoms with Crippen molar-refractivity contribution >= 4 is 39.1 Å². The first-order valence-electron chi connectivity index (χ1n) is 5.04. The van der Waals surface area contributed by atoms with Crippen LogP contribution in [0.25, 0.3) is 0 Å². The maximum Gasteiger partial charge on any atom is 0.323 e. The molecule has 2 amide bonds. The molecule has 0 saturated carbocycles. The first-order valence-corrected chi connectivity index (χ1v) is 6.65. The Morgan fingerprint density at radius 2 is 2.38 bits per heavy atom. The van der Waals surface area contributed by atoms with E-state index in [0.29, 0.717) is 6.54 Å². The van der Waals surface area contributed by atoms with Crippen LogP contribution in [0.3, 0.4) is 0 Å². The van der Waals surface area contributed by atoms with Crippen LogP contribution in [-0.2, 0) is 0 Å². The highest BCUT2D eigenvalue weighted by atomic mass is 79.9. The van der Waals surface area contributed by atoms with E-state index < -0.39 is 0 Å². The molecule has 0 aliphatic carbocycles. The number of thiophene rings is 1. The average Bonchev–Trinajstić information content (AvgIpc) is 2.73. The summed E-state index contributed by atoms with van der Waals surface area (Å²) in [6, 6.07) is 3.50. The van der Waals surface area contributed by atoms with E-state index in [1.54, 1.807) is 16.2 Å². The molecule has 0 spiro atoms. The number of carbonyl (C=O) groups excluding carboxylic acids is 1. The lowest BCUT2D eigenvalue weighted by atomic mass is 10.2. The van der Waals surface area contributed by atoms with E-state index in [0.717, 1.165) is 15.1 Å². The SMILES string of the molecule is CCCN1C(=O)NC(=N)C1c1ccc(Br)s1. The van der Waals surface area contributed by atoms with Gasteiger partial charge in [0.15, 0.2) is 0 Å². The number of rotatable bonds is 3. The van der Waals surface area contributed by atoms with Crippen molar-refractivity contribution in [3.63, 3.8) is 0 Å². The van der Waals surface area contributed by atoms with E-state index in [1.165, 1.54) is 0 Å². The van der Waals surface area contributed by atoms with Crippen LogP contribution in [0.15, 0.2) is 15.9 Å². The zero-order valence-electron chi connectivity index (χ0n) is 8.79. The summed E-state index contributed by atoms with van der Waals surface area (Å²) in [5.41, 5.74) is 0. The number of amides is 2. The fourth-order valence-corrected chi connectivity index (χ4v) is 3.32. The number of amidine groups is 1. The third-order valence-corrected chi connectivity index (χ3v) is 4.09. The van der Waals surface area contributed by atoms with Gasteiger partial charge in [-0.2, -0.15) is 0 Å². The number of carbonyl (C=O) groups is 1. The third kappa shape index (κ3) is 1.99. The highest BCUT2D eigenvalue weighted by molar-refractivity contribution is 9.11. The van der Waals surface area contributed by atoms with Gasteiger partial charge in [0.05, 0.1) is 3.79 Å². The van der Waals surface area contributed by atoms with Crippen LogP contribution < -0.4 is 5.32 Å². The third-order valence-electron chi connectivity index (χ3n) is 2.42. The number of halogens is 1. The normalized spacial score (nSPS) is 20.4. The van der Waals surface area contributed by atoms with E-state index in [1.807, 2.05) is 19.1 Å². The fraction of sp³-hybridized carbons (Fsp3) is 0.400. The molecule has 1 fully saturated rings. The molecule has 1 aliphatic heterocycles. The van der Waals surface area contributed by atoms with E-state index in [9.17, 15) is 4.79 Å². The van der Waals surface area contributed by atoms with Crippen molar-refractivity contribution in [2.75, 3.05) is 6.54 Å². The molecule has 86 valence electrons. The number of nitrogens with one attached hydrogen (secondary N) is 2. The molecule has 1 aromatic rings. The summed E-state index contributed by atoms with van der Waals surface area (Å²) in [5.74, 6) is 0.271. The monoisotopic (exact) mass is 301 g/mol. The molecule has 1 aliphatic rings. The Kier molecular flexibility index (Phi) is 3.30. The van der Waals surface area contributed by atoms with Gasteiger partial charge in [0, 0.05) is 11.4 Å². The van der Waals surface area contributed by atoms with Gasteiger partial charge >= 0.3 is 6.03 Å². The molecule has 1 unspecified atom stereocenters. The van der Waals surface area contributed by atoms with E-state index in [4.69, 9.17) is 5.41 Å². The van der Waals surface area contributed by atoms with Gasteiger partial charge in [-0.15, -0.1) is 11.3 Å². The molecule has 1 saturated heterocycles.